The second-order valence-corrected chi connectivity index (χ2v) is 6.42. The van der Waals surface area contributed by atoms with Crippen LogP contribution in [0.1, 0.15) is 34.6 Å². The number of halogens is 1. The van der Waals surface area contributed by atoms with Crippen molar-refractivity contribution in [3.05, 3.63) is 0 Å². The molecule has 4 fully saturated rings. The highest BCUT2D eigenvalue weighted by molar-refractivity contribution is 5.63. The first kappa shape index (κ1) is 25.0. The maximum absolute atomic E-state index is 12.0. The van der Waals surface area contributed by atoms with Crippen LogP contribution in [0.5, 0.6) is 0 Å². The van der Waals surface area contributed by atoms with Crippen LogP contribution in [0.2, 0.25) is 0 Å². The van der Waals surface area contributed by atoms with Gasteiger partial charge in [-0.15, -0.1) is 0 Å². The number of hydrogen-bond acceptors (Lipinski definition) is 12. The first-order valence-electron chi connectivity index (χ1n) is 9.03. The van der Waals surface area contributed by atoms with Crippen molar-refractivity contribution in [2.75, 3.05) is 13.2 Å². The van der Waals surface area contributed by atoms with E-state index in [0.717, 1.165) is 0 Å². The number of alkyl halides is 1. The lowest BCUT2D eigenvalue weighted by Crippen LogP contribution is -2.13. The highest BCUT2D eigenvalue weighted by Crippen LogP contribution is 2.14. The van der Waals surface area contributed by atoms with Gasteiger partial charge in [-0.05, 0) is 34.6 Å². The van der Waals surface area contributed by atoms with Crippen LogP contribution in [0.15, 0.2) is 0 Å². The third-order valence-electron chi connectivity index (χ3n) is 3.55. The van der Waals surface area contributed by atoms with Crippen molar-refractivity contribution in [2.45, 2.75) is 71.5 Å². The van der Waals surface area contributed by atoms with Crippen molar-refractivity contribution in [1.82, 2.24) is 0 Å². The molecule has 0 aromatic carbocycles. The summed E-state index contributed by atoms with van der Waals surface area (Å²) < 4.78 is 47.2. The monoisotopic (exact) mass is 440 g/mol. The number of ether oxygens (including phenoxy) is 8. The summed E-state index contributed by atoms with van der Waals surface area (Å²) in [6, 6.07) is 0. The largest absolute Gasteiger partial charge is 0.511 e. The number of rotatable bonds is 0. The van der Waals surface area contributed by atoms with E-state index >= 15 is 0 Å². The topological polar surface area (TPSA) is 142 Å². The molecule has 4 aliphatic heterocycles. The van der Waals surface area contributed by atoms with Crippen LogP contribution in [0.25, 0.3) is 0 Å². The fourth-order valence-corrected chi connectivity index (χ4v) is 1.78. The van der Waals surface area contributed by atoms with E-state index in [2.05, 4.69) is 37.9 Å². The Bertz CT molecular complexity index is 536. The SMILES string of the molecule is CC1COC(=O)O1.CC1COC(=O)O1.CC1OC(=O)OC1C.CC1OC(=O)OC1F. The van der Waals surface area contributed by atoms with Gasteiger partial charge in [0.2, 0.25) is 0 Å². The first-order chi connectivity index (χ1) is 14.0. The molecule has 0 amide bonds. The predicted octanol–water partition coefficient (Wildman–Crippen LogP) is 2.85. The van der Waals surface area contributed by atoms with Gasteiger partial charge in [0.05, 0.1) is 0 Å². The van der Waals surface area contributed by atoms with Gasteiger partial charge >= 0.3 is 24.6 Å². The second-order valence-electron chi connectivity index (χ2n) is 6.42. The average Bonchev–Trinajstić information content (AvgIpc) is 3.36. The van der Waals surface area contributed by atoms with Crippen LogP contribution >= 0.6 is 0 Å². The molecule has 4 rings (SSSR count). The molecule has 0 aliphatic carbocycles. The molecule has 0 spiro atoms. The molecule has 4 aliphatic rings. The summed E-state index contributed by atoms with van der Waals surface area (Å²) >= 11 is 0. The molecule has 6 atom stereocenters. The molecule has 0 aromatic rings. The van der Waals surface area contributed by atoms with Crippen molar-refractivity contribution >= 4 is 24.6 Å². The van der Waals surface area contributed by atoms with Gasteiger partial charge in [-0.2, -0.15) is 4.39 Å². The Morgan fingerprint density at radius 1 is 0.567 bits per heavy atom. The van der Waals surface area contributed by atoms with E-state index in [4.69, 9.17) is 0 Å². The summed E-state index contributed by atoms with van der Waals surface area (Å²) in [4.78, 5) is 40.2. The quantitative estimate of drug-likeness (QED) is 0.404. The highest BCUT2D eigenvalue weighted by Gasteiger charge is 2.32. The number of hydrogen-bond donors (Lipinski definition) is 0. The highest BCUT2D eigenvalue weighted by atomic mass is 19.1. The molecule has 0 saturated carbocycles. The Balaban J connectivity index is 0.000000200. The normalized spacial score (nSPS) is 33.1. The van der Waals surface area contributed by atoms with E-state index in [9.17, 15) is 23.6 Å². The molecule has 13 heteroatoms. The summed E-state index contributed by atoms with van der Waals surface area (Å²) in [5.74, 6) is 0. The summed E-state index contributed by atoms with van der Waals surface area (Å²) in [6.07, 6.45) is -5.16. The fourth-order valence-electron chi connectivity index (χ4n) is 1.78. The smallest absolute Gasteiger partial charge is 0.430 e. The number of carbonyl (C=O) groups is 4. The molecule has 12 nitrogen and oxygen atoms in total. The summed E-state index contributed by atoms with van der Waals surface area (Å²) in [7, 11) is 0. The van der Waals surface area contributed by atoms with Gasteiger partial charge in [0.1, 0.15) is 37.6 Å². The first-order valence-corrected chi connectivity index (χ1v) is 9.03. The van der Waals surface area contributed by atoms with Crippen molar-refractivity contribution in [3.8, 4) is 0 Å². The van der Waals surface area contributed by atoms with Crippen LogP contribution in [-0.4, -0.2) is 74.7 Å². The summed E-state index contributed by atoms with van der Waals surface area (Å²) in [6.45, 7) is 9.40. The molecule has 6 unspecified atom stereocenters. The van der Waals surface area contributed by atoms with Crippen molar-refractivity contribution in [3.63, 3.8) is 0 Å². The maximum Gasteiger partial charge on any atom is 0.511 e. The minimum absolute atomic E-state index is 0.0486. The van der Waals surface area contributed by atoms with E-state index in [0.29, 0.717) is 13.2 Å². The van der Waals surface area contributed by atoms with Crippen molar-refractivity contribution in [2.24, 2.45) is 0 Å². The molecule has 0 bridgehead atoms. The van der Waals surface area contributed by atoms with Crippen LogP contribution < -0.4 is 0 Å². The van der Waals surface area contributed by atoms with Gasteiger partial charge in [0.15, 0.2) is 6.10 Å². The molecule has 0 radical (unpaired) electrons. The third-order valence-corrected chi connectivity index (χ3v) is 3.55. The average molecular weight is 440 g/mol. The van der Waals surface area contributed by atoms with Crippen LogP contribution in [0.4, 0.5) is 23.6 Å². The molecule has 4 heterocycles. The Hall–Kier alpha value is -2.99. The molecule has 30 heavy (non-hydrogen) atoms. The molecular formula is C17H25FO12. The van der Waals surface area contributed by atoms with E-state index in [-0.39, 0.29) is 24.4 Å². The van der Waals surface area contributed by atoms with Gasteiger partial charge in [0.25, 0.3) is 6.36 Å². The zero-order valence-corrected chi connectivity index (χ0v) is 17.2. The van der Waals surface area contributed by atoms with Crippen molar-refractivity contribution in [1.29, 1.82) is 0 Å². The lowest BCUT2D eigenvalue weighted by atomic mass is 10.3. The van der Waals surface area contributed by atoms with Crippen molar-refractivity contribution < 1.29 is 61.5 Å². The molecule has 172 valence electrons. The Kier molecular flexibility index (Phi) is 9.92. The van der Waals surface area contributed by atoms with Crippen LogP contribution in [-0.2, 0) is 37.9 Å². The van der Waals surface area contributed by atoms with E-state index in [1.807, 2.05) is 0 Å². The molecule has 0 aromatic heterocycles. The van der Waals surface area contributed by atoms with E-state index < -0.39 is 37.1 Å². The van der Waals surface area contributed by atoms with Gasteiger partial charge in [-0.1, -0.05) is 0 Å². The fraction of sp³-hybridized carbons (Fsp3) is 0.765. The van der Waals surface area contributed by atoms with E-state index in [1.54, 1.807) is 27.7 Å². The summed E-state index contributed by atoms with van der Waals surface area (Å²) in [5, 5.41) is 0. The zero-order valence-electron chi connectivity index (χ0n) is 17.2. The van der Waals surface area contributed by atoms with Crippen LogP contribution in [0.3, 0.4) is 0 Å². The Morgan fingerprint density at radius 3 is 1.03 bits per heavy atom. The minimum Gasteiger partial charge on any atom is -0.430 e. The number of carbonyl (C=O) groups excluding carboxylic acids is 4. The minimum atomic E-state index is -1.58. The standard InChI is InChI=1S/C5H8O3.C4H5FO3.2C4H6O3/c1-3-4(2)8-5(6)7-3;1-2-3(5)8-4(6)7-2;2*1-3-2-6-4(5)7-3/h3-4H,1-2H3;2-3H,1H3;2*3H,2H2,1H3. The number of cyclic esters (lactones) is 8. The van der Waals surface area contributed by atoms with Gasteiger partial charge in [0, 0.05) is 0 Å². The lowest BCUT2D eigenvalue weighted by Gasteiger charge is -2.00. The Labute approximate surface area is 171 Å². The van der Waals surface area contributed by atoms with Gasteiger partial charge < -0.3 is 37.9 Å². The van der Waals surface area contributed by atoms with Gasteiger partial charge in [-0.25, -0.2) is 19.2 Å². The third kappa shape index (κ3) is 9.47. The Morgan fingerprint density at radius 2 is 0.933 bits per heavy atom. The maximum atomic E-state index is 12.0. The van der Waals surface area contributed by atoms with Gasteiger partial charge in [-0.3, -0.25) is 0 Å². The van der Waals surface area contributed by atoms with E-state index in [1.165, 1.54) is 6.92 Å². The molecular weight excluding hydrogens is 415 g/mol. The second kappa shape index (κ2) is 11.9. The van der Waals surface area contributed by atoms with Crippen LogP contribution in [0, 0.1) is 0 Å². The zero-order chi connectivity index (χ0) is 22.8. The molecule has 4 saturated heterocycles. The lowest BCUT2D eigenvalue weighted by molar-refractivity contribution is 0.0374. The molecule has 0 N–H and O–H groups in total. The predicted molar refractivity (Wildman–Crippen MR) is 92.2 cm³/mol. The summed E-state index contributed by atoms with van der Waals surface area (Å²) in [5.41, 5.74) is 0.